The van der Waals surface area contributed by atoms with Gasteiger partial charge in [0.25, 0.3) is 0 Å². The maximum Gasteiger partial charge on any atom is 0.465 e. The fraction of sp³-hybridized carbons (Fsp3) is 0.385. The first kappa shape index (κ1) is 23.3. The van der Waals surface area contributed by atoms with Crippen molar-refractivity contribution in [1.82, 2.24) is 0 Å². The largest absolute Gasteiger partial charge is 0.493 e. The topological polar surface area (TPSA) is 64.6 Å². The van der Waals surface area contributed by atoms with Crippen molar-refractivity contribution < 1.29 is 63.0 Å². The van der Waals surface area contributed by atoms with Crippen LogP contribution in [-0.2, 0) is 9.59 Å². The lowest BCUT2D eigenvalue weighted by Gasteiger charge is -2.20. The van der Waals surface area contributed by atoms with Crippen LogP contribution in [0.1, 0.15) is 0 Å². The summed E-state index contributed by atoms with van der Waals surface area (Å²) in [7, 11) is 0.838. The molecule has 1 rings (SSSR count). The number of esters is 1. The number of anilines is 1. The normalized spacial score (nSPS) is 13.1. The van der Waals surface area contributed by atoms with Crippen molar-refractivity contribution in [3.05, 3.63) is 18.2 Å². The van der Waals surface area contributed by atoms with Gasteiger partial charge in [0.2, 0.25) is 0 Å². The van der Waals surface area contributed by atoms with Crippen LogP contribution < -0.4 is 14.8 Å². The summed E-state index contributed by atoms with van der Waals surface area (Å²) < 4.78 is 133. The second-order valence-corrected chi connectivity index (χ2v) is 4.85. The third-order valence-corrected chi connectivity index (χ3v) is 2.88. The van der Waals surface area contributed by atoms with Crippen LogP contribution in [0.4, 0.5) is 49.6 Å². The number of hydrogen-bond donors (Lipinski definition) is 1. The van der Waals surface area contributed by atoms with Gasteiger partial charge in [0.1, 0.15) is 0 Å². The zero-order valence-corrected chi connectivity index (χ0v) is 13.1. The number of nitrogens with one attached hydrogen (secondary N) is 1. The van der Waals surface area contributed by atoms with Crippen LogP contribution in [0.3, 0.4) is 0 Å². The molecule has 0 aliphatic heterocycles. The van der Waals surface area contributed by atoms with Crippen LogP contribution >= 0.6 is 0 Å². The number of carbonyl (C=O) groups excluding carboxylic acids is 2. The van der Waals surface area contributed by atoms with Gasteiger partial charge < -0.3 is 14.8 Å². The van der Waals surface area contributed by atoms with E-state index in [0.717, 1.165) is 12.4 Å². The minimum atomic E-state index is -6.34. The molecule has 0 unspecified atom stereocenters. The van der Waals surface area contributed by atoms with Gasteiger partial charge >= 0.3 is 36.1 Å². The van der Waals surface area contributed by atoms with E-state index in [1.54, 1.807) is 0 Å². The molecule has 0 fully saturated rings. The molecular formula is C13H7F10NO4. The first-order valence-corrected chi connectivity index (χ1v) is 6.56. The van der Waals surface area contributed by atoms with Crippen LogP contribution in [-0.4, -0.2) is 43.2 Å². The van der Waals surface area contributed by atoms with Gasteiger partial charge in [-0.3, -0.25) is 4.79 Å². The third-order valence-electron chi connectivity index (χ3n) is 2.88. The SMILES string of the molecule is COc1ccc(NC(=O)C(F)(F)C(F)(F)F)cc1OC(=O)C(F)(F)C(F)(F)F. The monoisotopic (exact) mass is 431 g/mol. The van der Waals surface area contributed by atoms with Crippen LogP contribution in [0.25, 0.3) is 0 Å². The second kappa shape index (κ2) is 7.35. The number of hydrogen-bond acceptors (Lipinski definition) is 4. The summed E-state index contributed by atoms with van der Waals surface area (Å²) >= 11 is 0. The summed E-state index contributed by atoms with van der Waals surface area (Å²) in [4.78, 5) is 22.1. The number of carbonyl (C=O) groups is 2. The Hall–Kier alpha value is -2.74. The molecule has 0 saturated heterocycles. The van der Waals surface area contributed by atoms with Crippen LogP contribution in [0.2, 0.25) is 0 Å². The fourth-order valence-electron chi connectivity index (χ4n) is 1.45. The van der Waals surface area contributed by atoms with E-state index in [0.29, 0.717) is 12.1 Å². The molecular weight excluding hydrogens is 424 g/mol. The molecule has 158 valence electrons. The number of halogens is 10. The molecule has 5 nitrogen and oxygen atoms in total. The van der Waals surface area contributed by atoms with Gasteiger partial charge in [-0.05, 0) is 12.1 Å². The fourth-order valence-corrected chi connectivity index (χ4v) is 1.45. The van der Waals surface area contributed by atoms with Crippen molar-refractivity contribution in [1.29, 1.82) is 0 Å². The van der Waals surface area contributed by atoms with Crippen molar-refractivity contribution in [2.75, 3.05) is 12.4 Å². The zero-order valence-electron chi connectivity index (χ0n) is 13.1. The maximum absolute atomic E-state index is 12.9. The smallest absolute Gasteiger partial charge is 0.465 e. The Morgan fingerprint density at radius 3 is 1.75 bits per heavy atom. The zero-order chi connectivity index (χ0) is 22.1. The van der Waals surface area contributed by atoms with Crippen LogP contribution in [0.15, 0.2) is 18.2 Å². The van der Waals surface area contributed by atoms with Gasteiger partial charge in [0.05, 0.1) is 7.11 Å². The Kier molecular flexibility index (Phi) is 6.12. The molecule has 0 aromatic heterocycles. The number of methoxy groups -OCH3 is 1. The predicted octanol–water partition coefficient (Wildman–Crippen LogP) is 3.93. The number of ether oxygens (including phenoxy) is 2. The first-order chi connectivity index (χ1) is 12.4. The third kappa shape index (κ3) is 4.56. The van der Waals surface area contributed by atoms with Gasteiger partial charge in [-0.1, -0.05) is 0 Å². The molecule has 0 aliphatic rings. The van der Waals surface area contributed by atoms with E-state index in [4.69, 9.17) is 0 Å². The molecule has 1 aromatic carbocycles. The average Bonchev–Trinajstić information content (AvgIpc) is 2.52. The standard InChI is InChI=1S/C13H7F10NO4/c1-27-6-3-2-5(24-8(25)10(14,15)12(18,19)20)4-7(6)28-9(26)11(16,17)13(21,22)23/h2-4H,1H3,(H,24,25). The summed E-state index contributed by atoms with van der Waals surface area (Å²) in [6, 6.07) is 1.49. The number of rotatable bonds is 5. The second-order valence-electron chi connectivity index (χ2n) is 4.85. The quantitative estimate of drug-likeness (QED) is 0.436. The van der Waals surface area contributed by atoms with Gasteiger partial charge in [-0.2, -0.15) is 43.9 Å². The highest BCUT2D eigenvalue weighted by atomic mass is 19.4. The van der Waals surface area contributed by atoms with Gasteiger partial charge in [0, 0.05) is 11.8 Å². The minimum absolute atomic E-state index is 0.230. The molecule has 15 heteroatoms. The predicted molar refractivity (Wildman–Crippen MR) is 69.3 cm³/mol. The van der Waals surface area contributed by atoms with Crippen molar-refractivity contribution in [2.45, 2.75) is 24.2 Å². The van der Waals surface area contributed by atoms with Crippen LogP contribution in [0, 0.1) is 0 Å². The Balaban J connectivity index is 3.17. The first-order valence-electron chi connectivity index (χ1n) is 6.56. The average molecular weight is 431 g/mol. The molecule has 0 bridgehead atoms. The molecule has 0 radical (unpaired) electrons. The molecule has 1 N–H and O–H groups in total. The molecule has 0 heterocycles. The molecule has 1 aromatic rings. The lowest BCUT2D eigenvalue weighted by molar-refractivity contribution is -0.276. The van der Waals surface area contributed by atoms with E-state index in [-0.39, 0.29) is 6.07 Å². The summed E-state index contributed by atoms with van der Waals surface area (Å²) in [5.74, 6) is -19.7. The number of alkyl halides is 10. The van der Waals surface area contributed by atoms with Gasteiger partial charge in [0.15, 0.2) is 11.5 Å². The molecule has 1 amide bonds. The summed E-state index contributed by atoms with van der Waals surface area (Å²) in [6.45, 7) is 0. The Bertz CT molecular complexity index is 757. The van der Waals surface area contributed by atoms with E-state index < -0.39 is 53.3 Å². The van der Waals surface area contributed by atoms with E-state index >= 15 is 0 Å². The Labute approximate surface area is 148 Å². The Morgan fingerprint density at radius 2 is 1.32 bits per heavy atom. The number of amides is 1. The summed E-state index contributed by atoms with van der Waals surface area (Å²) in [5.41, 5.74) is -0.951. The van der Waals surface area contributed by atoms with Crippen molar-refractivity contribution in [3.63, 3.8) is 0 Å². The van der Waals surface area contributed by atoms with E-state index in [1.165, 1.54) is 0 Å². The number of benzene rings is 1. The van der Waals surface area contributed by atoms with Crippen LogP contribution in [0.5, 0.6) is 11.5 Å². The van der Waals surface area contributed by atoms with Gasteiger partial charge in [-0.15, -0.1) is 0 Å². The van der Waals surface area contributed by atoms with E-state index in [9.17, 15) is 53.5 Å². The van der Waals surface area contributed by atoms with Crippen molar-refractivity contribution in [2.24, 2.45) is 0 Å². The molecule has 28 heavy (non-hydrogen) atoms. The van der Waals surface area contributed by atoms with E-state index in [1.807, 2.05) is 0 Å². The van der Waals surface area contributed by atoms with Crippen molar-refractivity contribution in [3.8, 4) is 11.5 Å². The molecule has 0 atom stereocenters. The molecule has 0 aliphatic carbocycles. The molecule has 0 spiro atoms. The van der Waals surface area contributed by atoms with Crippen molar-refractivity contribution >= 4 is 17.6 Å². The minimum Gasteiger partial charge on any atom is -0.493 e. The maximum atomic E-state index is 12.9. The lowest BCUT2D eigenvalue weighted by Crippen LogP contribution is -2.47. The summed E-state index contributed by atoms with van der Waals surface area (Å²) in [6.07, 6.45) is -12.6. The highest BCUT2D eigenvalue weighted by molar-refractivity contribution is 5.97. The summed E-state index contributed by atoms with van der Waals surface area (Å²) in [5, 5.41) is 1.06. The molecule has 0 saturated carbocycles. The highest BCUT2D eigenvalue weighted by Gasteiger charge is 2.65. The van der Waals surface area contributed by atoms with Gasteiger partial charge in [-0.25, -0.2) is 4.79 Å². The highest BCUT2D eigenvalue weighted by Crippen LogP contribution is 2.39. The lowest BCUT2D eigenvalue weighted by atomic mass is 10.2. The van der Waals surface area contributed by atoms with E-state index in [2.05, 4.69) is 9.47 Å². The Morgan fingerprint density at radius 1 is 0.821 bits per heavy atom.